The van der Waals surface area contributed by atoms with Crippen LogP contribution in [0.1, 0.15) is 18.0 Å². The third-order valence-corrected chi connectivity index (χ3v) is 6.29. The maximum Gasteiger partial charge on any atom is 0.0555 e. The third-order valence-electron chi connectivity index (χ3n) is 5.51. The van der Waals surface area contributed by atoms with Crippen LogP contribution in [-0.4, -0.2) is 37.3 Å². The van der Waals surface area contributed by atoms with Crippen molar-refractivity contribution in [3.8, 4) is 0 Å². The summed E-state index contributed by atoms with van der Waals surface area (Å²) in [6.45, 7) is 2.49. The highest BCUT2D eigenvalue weighted by Gasteiger charge is 2.48. The van der Waals surface area contributed by atoms with Gasteiger partial charge < -0.3 is 4.90 Å². The molecule has 0 saturated carbocycles. The Morgan fingerprint density at radius 2 is 1.78 bits per heavy atom. The molecule has 2 saturated heterocycles. The van der Waals surface area contributed by atoms with Crippen LogP contribution in [-0.2, 0) is 0 Å². The van der Waals surface area contributed by atoms with Crippen LogP contribution >= 0.6 is 11.8 Å². The lowest BCUT2D eigenvalue weighted by Gasteiger charge is -2.40. The lowest BCUT2D eigenvalue weighted by Crippen LogP contribution is -2.44. The van der Waals surface area contributed by atoms with E-state index in [2.05, 4.69) is 77.7 Å². The van der Waals surface area contributed by atoms with E-state index in [1.165, 1.54) is 35.7 Å². The molecule has 0 amide bonds. The molecule has 2 aromatic rings. The molecule has 0 aliphatic carbocycles. The molecule has 0 spiro atoms. The summed E-state index contributed by atoms with van der Waals surface area (Å²) < 4.78 is 0. The number of anilines is 1. The number of fused-ring (bicyclic) bond motifs is 2. The molecule has 23 heavy (non-hydrogen) atoms. The summed E-state index contributed by atoms with van der Waals surface area (Å²) in [4.78, 5) is 6.61. The number of benzene rings is 2. The van der Waals surface area contributed by atoms with Gasteiger partial charge in [0.2, 0.25) is 0 Å². The molecular formula is C20H24N2S. The van der Waals surface area contributed by atoms with Crippen molar-refractivity contribution < 1.29 is 0 Å². The van der Waals surface area contributed by atoms with Gasteiger partial charge >= 0.3 is 0 Å². The summed E-state index contributed by atoms with van der Waals surface area (Å²) >= 11 is 1.84. The van der Waals surface area contributed by atoms with Gasteiger partial charge in [-0.3, -0.25) is 4.90 Å². The highest BCUT2D eigenvalue weighted by atomic mass is 32.2. The number of likely N-dealkylation sites (N-methyl/N-ethyl adjacent to an activating group) is 1. The van der Waals surface area contributed by atoms with Crippen LogP contribution < -0.4 is 4.90 Å². The Morgan fingerprint density at radius 1 is 1.04 bits per heavy atom. The number of nitrogens with zero attached hydrogens (tertiary/aromatic N) is 2. The SMILES string of the molecule is CSc1ccccc1N(C)C1C2CCN(C2)C1c1ccccc1. The molecule has 0 N–H and O–H groups in total. The second-order valence-corrected chi connectivity index (χ2v) is 7.52. The predicted octanol–water partition coefficient (Wildman–Crippen LogP) is 4.29. The van der Waals surface area contributed by atoms with Crippen LogP contribution in [0, 0.1) is 5.92 Å². The maximum absolute atomic E-state index is 2.68. The molecule has 2 nitrogen and oxygen atoms in total. The zero-order chi connectivity index (χ0) is 15.8. The summed E-state index contributed by atoms with van der Waals surface area (Å²) in [6, 6.07) is 21.0. The van der Waals surface area contributed by atoms with Gasteiger partial charge in [-0.2, -0.15) is 0 Å². The average molecular weight is 324 g/mol. The molecule has 2 heterocycles. The smallest absolute Gasteiger partial charge is 0.0555 e. The zero-order valence-corrected chi connectivity index (χ0v) is 14.7. The molecule has 2 aromatic carbocycles. The Hall–Kier alpha value is -1.45. The first-order valence-corrected chi connectivity index (χ1v) is 9.67. The van der Waals surface area contributed by atoms with Crippen molar-refractivity contribution in [2.75, 3.05) is 31.3 Å². The highest BCUT2D eigenvalue weighted by molar-refractivity contribution is 7.98. The molecule has 4 atom stereocenters. The molecular weight excluding hydrogens is 300 g/mol. The number of piperidine rings is 1. The summed E-state index contributed by atoms with van der Waals surface area (Å²) in [5.41, 5.74) is 2.84. The number of para-hydroxylation sites is 1. The second-order valence-electron chi connectivity index (χ2n) is 6.67. The topological polar surface area (TPSA) is 6.48 Å². The van der Waals surface area contributed by atoms with Crippen LogP contribution in [0.3, 0.4) is 0 Å². The Bertz CT molecular complexity index is 672. The first-order chi connectivity index (χ1) is 11.3. The van der Waals surface area contributed by atoms with E-state index in [1.54, 1.807) is 0 Å². The van der Waals surface area contributed by atoms with Crippen LogP contribution in [0.5, 0.6) is 0 Å². The van der Waals surface area contributed by atoms with Gasteiger partial charge in [0.05, 0.1) is 17.8 Å². The molecule has 4 unspecified atom stereocenters. The molecule has 2 fully saturated rings. The van der Waals surface area contributed by atoms with Crippen molar-refractivity contribution >= 4 is 17.4 Å². The fourth-order valence-electron chi connectivity index (χ4n) is 4.49. The number of thioether (sulfide) groups is 1. The van der Waals surface area contributed by atoms with E-state index in [0.29, 0.717) is 12.1 Å². The van der Waals surface area contributed by atoms with Crippen molar-refractivity contribution in [3.05, 3.63) is 60.2 Å². The molecule has 2 bridgehead atoms. The standard InChI is InChI=1S/C20H24N2S/c1-21(17-10-6-7-11-18(17)23-2)19-16-12-13-22(14-16)20(19)15-8-4-3-5-9-15/h3-11,16,19-20H,12-14H2,1-2H3. The van der Waals surface area contributed by atoms with Gasteiger partial charge in [0.1, 0.15) is 0 Å². The third kappa shape index (κ3) is 2.56. The minimum absolute atomic E-state index is 0.523. The van der Waals surface area contributed by atoms with Gasteiger partial charge in [-0.1, -0.05) is 42.5 Å². The first kappa shape index (κ1) is 15.1. The van der Waals surface area contributed by atoms with E-state index < -0.39 is 0 Å². The molecule has 2 aliphatic heterocycles. The molecule has 120 valence electrons. The zero-order valence-electron chi connectivity index (χ0n) is 13.9. The molecule has 4 rings (SSSR count). The van der Waals surface area contributed by atoms with Crippen LogP contribution in [0.25, 0.3) is 0 Å². The molecule has 0 aromatic heterocycles. The highest BCUT2D eigenvalue weighted by Crippen LogP contribution is 2.46. The lowest BCUT2D eigenvalue weighted by atomic mass is 9.88. The van der Waals surface area contributed by atoms with Crippen LogP contribution in [0.15, 0.2) is 59.5 Å². The lowest BCUT2D eigenvalue weighted by molar-refractivity contribution is 0.239. The van der Waals surface area contributed by atoms with Crippen molar-refractivity contribution in [1.29, 1.82) is 0 Å². The van der Waals surface area contributed by atoms with E-state index in [1.807, 2.05) is 11.8 Å². The minimum Gasteiger partial charge on any atom is -0.368 e. The van der Waals surface area contributed by atoms with Gasteiger partial charge in [0.15, 0.2) is 0 Å². The minimum atomic E-state index is 0.523. The number of hydrogen-bond acceptors (Lipinski definition) is 3. The number of hydrogen-bond donors (Lipinski definition) is 0. The Balaban J connectivity index is 1.71. The number of rotatable bonds is 4. The van der Waals surface area contributed by atoms with Crippen LogP contribution in [0.4, 0.5) is 5.69 Å². The van der Waals surface area contributed by atoms with Gasteiger partial charge in [-0.15, -0.1) is 11.8 Å². The van der Waals surface area contributed by atoms with Crippen molar-refractivity contribution in [1.82, 2.24) is 4.90 Å². The van der Waals surface area contributed by atoms with Gasteiger partial charge in [-0.05, 0) is 42.8 Å². The van der Waals surface area contributed by atoms with Crippen molar-refractivity contribution in [2.45, 2.75) is 23.4 Å². The van der Waals surface area contributed by atoms with E-state index in [-0.39, 0.29) is 0 Å². The summed E-state index contributed by atoms with van der Waals surface area (Å²) in [5.74, 6) is 0.778. The fraction of sp³-hybridized carbons (Fsp3) is 0.400. The molecule has 3 heteroatoms. The quantitative estimate of drug-likeness (QED) is 0.775. The van der Waals surface area contributed by atoms with Crippen molar-refractivity contribution in [2.24, 2.45) is 5.92 Å². The van der Waals surface area contributed by atoms with E-state index in [9.17, 15) is 0 Å². The summed E-state index contributed by atoms with van der Waals surface area (Å²) in [6.07, 6.45) is 3.51. The Kier molecular flexibility index (Phi) is 4.08. The Labute approximate surface area is 143 Å². The van der Waals surface area contributed by atoms with Gasteiger partial charge in [0.25, 0.3) is 0 Å². The molecule has 0 radical (unpaired) electrons. The first-order valence-electron chi connectivity index (χ1n) is 8.44. The largest absolute Gasteiger partial charge is 0.368 e. The Morgan fingerprint density at radius 3 is 2.57 bits per heavy atom. The fourth-order valence-corrected chi connectivity index (χ4v) is 5.12. The van der Waals surface area contributed by atoms with E-state index in [0.717, 1.165) is 5.92 Å². The van der Waals surface area contributed by atoms with E-state index >= 15 is 0 Å². The van der Waals surface area contributed by atoms with E-state index in [4.69, 9.17) is 0 Å². The summed E-state index contributed by atoms with van der Waals surface area (Å²) in [5, 5.41) is 0. The second kappa shape index (κ2) is 6.21. The van der Waals surface area contributed by atoms with Gasteiger partial charge in [0, 0.05) is 18.5 Å². The molecule has 2 aliphatic rings. The maximum atomic E-state index is 2.68. The van der Waals surface area contributed by atoms with Crippen molar-refractivity contribution in [3.63, 3.8) is 0 Å². The van der Waals surface area contributed by atoms with Gasteiger partial charge in [-0.25, -0.2) is 0 Å². The summed E-state index contributed by atoms with van der Waals surface area (Å²) in [7, 11) is 2.29. The van der Waals surface area contributed by atoms with Crippen LogP contribution in [0.2, 0.25) is 0 Å². The normalized spacial score (nSPS) is 29.0. The average Bonchev–Trinajstić information content (AvgIpc) is 3.23. The predicted molar refractivity (Wildman–Crippen MR) is 99.3 cm³/mol. The monoisotopic (exact) mass is 324 g/mol.